The summed E-state index contributed by atoms with van der Waals surface area (Å²) in [5, 5.41) is 28.7. The highest BCUT2D eigenvalue weighted by Crippen LogP contribution is 2.29. The number of benzene rings is 1. The van der Waals surface area contributed by atoms with E-state index in [2.05, 4.69) is 21.5 Å². The van der Waals surface area contributed by atoms with E-state index in [9.17, 15) is 15.4 Å². The molecule has 0 spiro atoms. The minimum atomic E-state index is -0.479. The van der Waals surface area contributed by atoms with Crippen LogP contribution in [0.3, 0.4) is 0 Å². The minimum absolute atomic E-state index is 0.0565. The lowest BCUT2D eigenvalue weighted by atomic mass is 10.1. The third kappa shape index (κ3) is 3.44. The fourth-order valence-corrected chi connectivity index (χ4v) is 3.54. The molecule has 1 aromatic carbocycles. The number of hydrogen-bond donors (Lipinski definition) is 1. The predicted octanol–water partition coefficient (Wildman–Crippen LogP) is 3.94. The highest BCUT2D eigenvalue weighted by Gasteiger charge is 2.17. The van der Waals surface area contributed by atoms with E-state index in [1.54, 1.807) is 12.1 Å². The van der Waals surface area contributed by atoms with Crippen molar-refractivity contribution in [3.05, 3.63) is 57.9 Å². The van der Waals surface area contributed by atoms with Crippen LogP contribution in [0.2, 0.25) is 0 Å². The number of nitro groups is 1. The standard InChI is InChI=1S/C19H18N6O2/c20-11-13-9-19(22-18-6-5-16(25(26)27)10-17(13)18)21-12-14-7-8-24(23-14)15-3-1-2-4-15/h5-10,15H,1-4,12H2,(H,21,22). The van der Waals surface area contributed by atoms with Gasteiger partial charge in [-0.25, -0.2) is 4.98 Å². The van der Waals surface area contributed by atoms with Crippen molar-refractivity contribution in [2.24, 2.45) is 0 Å². The summed E-state index contributed by atoms with van der Waals surface area (Å²) in [4.78, 5) is 14.9. The van der Waals surface area contributed by atoms with Crippen LogP contribution < -0.4 is 5.32 Å². The first-order valence-electron chi connectivity index (χ1n) is 8.91. The Bertz CT molecular complexity index is 1050. The number of nitrogens with zero attached hydrogens (tertiary/aromatic N) is 5. The summed E-state index contributed by atoms with van der Waals surface area (Å²) < 4.78 is 2.04. The van der Waals surface area contributed by atoms with Gasteiger partial charge in [0, 0.05) is 23.7 Å². The number of anilines is 1. The molecule has 0 amide bonds. The average Bonchev–Trinajstić information content (AvgIpc) is 3.36. The lowest BCUT2D eigenvalue weighted by Crippen LogP contribution is -2.07. The first-order chi connectivity index (χ1) is 13.1. The predicted molar refractivity (Wildman–Crippen MR) is 100 cm³/mol. The molecule has 0 saturated heterocycles. The van der Waals surface area contributed by atoms with Crippen molar-refractivity contribution in [1.29, 1.82) is 5.26 Å². The number of nitro benzene ring substituents is 1. The topological polar surface area (TPSA) is 110 Å². The summed E-state index contributed by atoms with van der Waals surface area (Å²) in [6.07, 6.45) is 6.89. The van der Waals surface area contributed by atoms with Gasteiger partial charge in [0.2, 0.25) is 0 Å². The fraction of sp³-hybridized carbons (Fsp3) is 0.316. The van der Waals surface area contributed by atoms with Gasteiger partial charge in [-0.2, -0.15) is 10.4 Å². The van der Waals surface area contributed by atoms with Gasteiger partial charge in [-0.05, 0) is 31.0 Å². The second kappa shape index (κ2) is 7.03. The Hall–Kier alpha value is -3.47. The van der Waals surface area contributed by atoms with Crippen LogP contribution in [0.15, 0.2) is 36.5 Å². The second-order valence-electron chi connectivity index (χ2n) is 6.70. The van der Waals surface area contributed by atoms with E-state index in [1.807, 2.05) is 16.9 Å². The molecule has 1 aliphatic rings. The zero-order valence-electron chi connectivity index (χ0n) is 14.6. The van der Waals surface area contributed by atoms with E-state index in [0.717, 1.165) is 5.69 Å². The molecule has 3 aromatic rings. The van der Waals surface area contributed by atoms with Gasteiger partial charge in [-0.3, -0.25) is 14.8 Å². The molecule has 1 saturated carbocycles. The normalized spacial score (nSPS) is 14.3. The number of pyridine rings is 1. The largest absolute Gasteiger partial charge is 0.364 e. The molecular formula is C19H18N6O2. The first-order valence-corrected chi connectivity index (χ1v) is 8.91. The van der Waals surface area contributed by atoms with Crippen LogP contribution in [0, 0.1) is 21.4 Å². The summed E-state index contributed by atoms with van der Waals surface area (Å²) >= 11 is 0. The van der Waals surface area contributed by atoms with Crippen molar-refractivity contribution in [3.8, 4) is 6.07 Å². The van der Waals surface area contributed by atoms with Crippen LogP contribution in [0.1, 0.15) is 43.0 Å². The Morgan fingerprint density at radius 2 is 2.11 bits per heavy atom. The maximum absolute atomic E-state index is 10.9. The third-order valence-electron chi connectivity index (χ3n) is 4.94. The molecule has 2 heterocycles. The van der Waals surface area contributed by atoms with Gasteiger partial charge in [-0.15, -0.1) is 0 Å². The first kappa shape index (κ1) is 17.0. The second-order valence-corrected chi connectivity index (χ2v) is 6.70. The van der Waals surface area contributed by atoms with Gasteiger partial charge in [0.05, 0.1) is 40.4 Å². The monoisotopic (exact) mass is 362 g/mol. The smallest absolute Gasteiger partial charge is 0.270 e. The molecule has 136 valence electrons. The zero-order valence-corrected chi connectivity index (χ0v) is 14.6. The van der Waals surface area contributed by atoms with Crippen LogP contribution in [0.25, 0.3) is 10.9 Å². The Labute approximate surface area is 155 Å². The molecule has 27 heavy (non-hydrogen) atoms. The lowest BCUT2D eigenvalue weighted by molar-refractivity contribution is -0.384. The summed E-state index contributed by atoms with van der Waals surface area (Å²) in [7, 11) is 0. The molecule has 0 aliphatic heterocycles. The lowest BCUT2D eigenvalue weighted by Gasteiger charge is -2.09. The van der Waals surface area contributed by atoms with Gasteiger partial charge in [-0.1, -0.05) is 12.8 Å². The summed E-state index contributed by atoms with van der Waals surface area (Å²) in [6, 6.07) is 10.5. The van der Waals surface area contributed by atoms with E-state index < -0.39 is 4.92 Å². The van der Waals surface area contributed by atoms with E-state index in [0.29, 0.717) is 34.9 Å². The van der Waals surface area contributed by atoms with E-state index >= 15 is 0 Å². The number of aromatic nitrogens is 3. The molecule has 4 rings (SSSR count). The Morgan fingerprint density at radius 1 is 1.30 bits per heavy atom. The van der Waals surface area contributed by atoms with Gasteiger partial charge in [0.25, 0.3) is 5.69 Å². The van der Waals surface area contributed by atoms with Crippen molar-refractivity contribution >= 4 is 22.4 Å². The maximum atomic E-state index is 10.9. The Morgan fingerprint density at radius 3 is 2.85 bits per heavy atom. The number of non-ortho nitro benzene ring substituents is 1. The average molecular weight is 362 g/mol. The maximum Gasteiger partial charge on any atom is 0.270 e. The molecule has 2 aromatic heterocycles. The molecule has 0 bridgehead atoms. The molecular weight excluding hydrogens is 344 g/mol. The van der Waals surface area contributed by atoms with Crippen LogP contribution in [-0.4, -0.2) is 19.7 Å². The zero-order chi connectivity index (χ0) is 18.8. The molecule has 1 fully saturated rings. The number of nitriles is 1. The van der Waals surface area contributed by atoms with Crippen LogP contribution in [0.4, 0.5) is 11.5 Å². The number of nitrogens with one attached hydrogen (secondary N) is 1. The van der Waals surface area contributed by atoms with Crippen molar-refractivity contribution < 1.29 is 4.92 Å². The van der Waals surface area contributed by atoms with Crippen LogP contribution in [0.5, 0.6) is 0 Å². The highest BCUT2D eigenvalue weighted by atomic mass is 16.6. The van der Waals surface area contributed by atoms with E-state index in [-0.39, 0.29) is 5.69 Å². The summed E-state index contributed by atoms with van der Waals surface area (Å²) in [5.41, 5.74) is 1.74. The van der Waals surface area contributed by atoms with E-state index in [1.165, 1.54) is 37.8 Å². The molecule has 0 unspecified atom stereocenters. The van der Waals surface area contributed by atoms with Crippen molar-refractivity contribution in [3.63, 3.8) is 0 Å². The summed E-state index contributed by atoms with van der Waals surface area (Å²) in [5.74, 6) is 0.545. The number of rotatable bonds is 5. The number of hydrogen-bond acceptors (Lipinski definition) is 6. The van der Waals surface area contributed by atoms with Gasteiger partial charge in [0.15, 0.2) is 0 Å². The Kier molecular flexibility index (Phi) is 4.42. The van der Waals surface area contributed by atoms with Crippen LogP contribution >= 0.6 is 0 Å². The summed E-state index contributed by atoms with van der Waals surface area (Å²) in [6.45, 7) is 0.496. The SMILES string of the molecule is N#Cc1cc(NCc2ccn(C3CCCC3)n2)nc2ccc([N+](=O)[O-])cc12. The van der Waals surface area contributed by atoms with Crippen molar-refractivity contribution in [2.45, 2.75) is 38.3 Å². The van der Waals surface area contributed by atoms with Crippen molar-refractivity contribution in [2.75, 3.05) is 5.32 Å². The third-order valence-corrected chi connectivity index (χ3v) is 4.94. The minimum Gasteiger partial charge on any atom is -0.364 e. The molecule has 1 aliphatic carbocycles. The van der Waals surface area contributed by atoms with E-state index in [4.69, 9.17) is 0 Å². The number of fused-ring (bicyclic) bond motifs is 1. The molecule has 0 radical (unpaired) electrons. The van der Waals surface area contributed by atoms with Crippen LogP contribution in [-0.2, 0) is 6.54 Å². The van der Waals surface area contributed by atoms with Crippen molar-refractivity contribution in [1.82, 2.24) is 14.8 Å². The molecule has 0 atom stereocenters. The van der Waals surface area contributed by atoms with Gasteiger partial charge in [0.1, 0.15) is 5.82 Å². The molecule has 8 heteroatoms. The highest BCUT2D eigenvalue weighted by molar-refractivity contribution is 5.88. The van der Waals surface area contributed by atoms with Gasteiger partial charge < -0.3 is 5.32 Å². The molecule has 8 nitrogen and oxygen atoms in total. The van der Waals surface area contributed by atoms with Gasteiger partial charge >= 0.3 is 0 Å². The molecule has 1 N–H and O–H groups in total. The Balaban J connectivity index is 1.54. The quantitative estimate of drug-likeness (QED) is 0.544. The fourth-order valence-electron chi connectivity index (χ4n) is 3.54.